The number of primary amides is 1. The fraction of sp³-hybridized carbons (Fsp3) is 0.421. The first kappa shape index (κ1) is 15.9. The van der Waals surface area contributed by atoms with Gasteiger partial charge in [-0.1, -0.05) is 12.1 Å². The highest BCUT2D eigenvalue weighted by Crippen LogP contribution is 2.39. The van der Waals surface area contributed by atoms with Crippen LogP contribution in [-0.2, 0) is 6.42 Å². The summed E-state index contributed by atoms with van der Waals surface area (Å²) in [5.74, 6) is 0.568. The van der Waals surface area contributed by atoms with E-state index in [9.17, 15) is 9.59 Å². The lowest BCUT2D eigenvalue weighted by Gasteiger charge is -2.15. The zero-order valence-corrected chi connectivity index (χ0v) is 14.1. The number of aromatic nitrogens is 2. The predicted molar refractivity (Wildman–Crippen MR) is 93.2 cm³/mol. The third-order valence-electron chi connectivity index (χ3n) is 5.14. The standard InChI is InChI=1S/C19H22N4O2/c20-18(24)15-3-1-2-12(9-15)8-13-6-7-23(11-13)19(25)17-10-16(21-22-17)14-4-5-14/h1-3,9-10,13-14H,4-8,11H2,(H2,20,24)(H,21,22)/t13-/m1/s1. The molecule has 2 aromatic rings. The van der Waals surface area contributed by atoms with Gasteiger partial charge in [-0.25, -0.2) is 0 Å². The molecule has 3 N–H and O–H groups in total. The molecule has 2 amide bonds. The van der Waals surface area contributed by atoms with Crippen LogP contribution < -0.4 is 5.73 Å². The van der Waals surface area contributed by atoms with E-state index in [1.807, 2.05) is 29.2 Å². The van der Waals surface area contributed by atoms with Crippen molar-refractivity contribution in [1.82, 2.24) is 15.1 Å². The number of rotatable bonds is 5. The van der Waals surface area contributed by atoms with Crippen LogP contribution in [0.3, 0.4) is 0 Å². The lowest BCUT2D eigenvalue weighted by Crippen LogP contribution is -2.29. The molecule has 4 rings (SSSR count). The molecular weight excluding hydrogens is 316 g/mol. The van der Waals surface area contributed by atoms with Gasteiger partial charge in [0.05, 0.1) is 0 Å². The van der Waals surface area contributed by atoms with Gasteiger partial charge in [0.15, 0.2) is 0 Å². The summed E-state index contributed by atoms with van der Waals surface area (Å²) in [4.78, 5) is 25.8. The van der Waals surface area contributed by atoms with Crippen molar-refractivity contribution in [1.29, 1.82) is 0 Å². The van der Waals surface area contributed by atoms with Gasteiger partial charge < -0.3 is 10.6 Å². The monoisotopic (exact) mass is 338 g/mol. The minimum Gasteiger partial charge on any atom is -0.366 e. The number of likely N-dealkylation sites (tertiary alicyclic amines) is 1. The Morgan fingerprint density at radius 2 is 2.08 bits per heavy atom. The second kappa shape index (κ2) is 6.35. The Hall–Kier alpha value is -2.63. The van der Waals surface area contributed by atoms with Crippen LogP contribution in [0, 0.1) is 5.92 Å². The van der Waals surface area contributed by atoms with Crippen molar-refractivity contribution in [2.24, 2.45) is 11.7 Å². The Balaban J connectivity index is 1.38. The molecule has 6 heteroatoms. The van der Waals surface area contributed by atoms with E-state index in [0.29, 0.717) is 23.1 Å². The van der Waals surface area contributed by atoms with Gasteiger partial charge in [-0.2, -0.15) is 5.10 Å². The average Bonchev–Trinajstić information content (AvgIpc) is 3.16. The van der Waals surface area contributed by atoms with E-state index in [1.165, 1.54) is 12.8 Å². The first-order valence-electron chi connectivity index (χ1n) is 8.83. The topological polar surface area (TPSA) is 92.1 Å². The lowest BCUT2D eigenvalue weighted by molar-refractivity contribution is 0.0781. The van der Waals surface area contributed by atoms with E-state index in [-0.39, 0.29) is 5.91 Å². The van der Waals surface area contributed by atoms with Gasteiger partial charge >= 0.3 is 0 Å². The molecule has 1 saturated carbocycles. The number of nitrogens with one attached hydrogen (secondary N) is 1. The Morgan fingerprint density at radius 3 is 2.84 bits per heavy atom. The Morgan fingerprint density at radius 1 is 1.24 bits per heavy atom. The maximum Gasteiger partial charge on any atom is 0.274 e. The summed E-state index contributed by atoms with van der Waals surface area (Å²) < 4.78 is 0. The number of nitrogens with zero attached hydrogens (tertiary/aromatic N) is 2. The number of nitrogens with two attached hydrogens (primary N) is 1. The molecule has 2 heterocycles. The van der Waals surface area contributed by atoms with Crippen LogP contribution in [0.15, 0.2) is 30.3 Å². The number of hydrogen-bond donors (Lipinski definition) is 2. The predicted octanol–water partition coefficient (Wildman–Crippen LogP) is 2.09. The highest BCUT2D eigenvalue weighted by Gasteiger charge is 2.30. The molecular formula is C19H22N4O2. The normalized spacial score (nSPS) is 20.0. The van der Waals surface area contributed by atoms with Crippen molar-refractivity contribution in [2.75, 3.05) is 13.1 Å². The summed E-state index contributed by atoms with van der Waals surface area (Å²) in [6.45, 7) is 1.48. The van der Waals surface area contributed by atoms with Crippen LogP contribution in [0.4, 0.5) is 0 Å². The van der Waals surface area contributed by atoms with Crippen molar-refractivity contribution in [3.63, 3.8) is 0 Å². The highest BCUT2D eigenvalue weighted by molar-refractivity contribution is 5.93. The molecule has 0 spiro atoms. The maximum absolute atomic E-state index is 12.6. The van der Waals surface area contributed by atoms with Crippen molar-refractivity contribution in [2.45, 2.75) is 31.6 Å². The summed E-state index contributed by atoms with van der Waals surface area (Å²) in [7, 11) is 0. The van der Waals surface area contributed by atoms with Gasteiger partial charge in [0.2, 0.25) is 5.91 Å². The van der Waals surface area contributed by atoms with Gasteiger partial charge in [0.1, 0.15) is 5.69 Å². The van der Waals surface area contributed by atoms with Crippen LogP contribution in [-0.4, -0.2) is 40.0 Å². The van der Waals surface area contributed by atoms with Gasteiger partial charge in [0.25, 0.3) is 5.91 Å². The van der Waals surface area contributed by atoms with Gasteiger partial charge in [0, 0.05) is 30.3 Å². The number of hydrogen-bond acceptors (Lipinski definition) is 3. The molecule has 1 aromatic heterocycles. The van der Waals surface area contributed by atoms with Crippen molar-refractivity contribution >= 4 is 11.8 Å². The van der Waals surface area contributed by atoms with Crippen molar-refractivity contribution in [3.8, 4) is 0 Å². The summed E-state index contributed by atoms with van der Waals surface area (Å²) in [5.41, 5.74) is 8.58. The molecule has 1 atom stereocenters. The Labute approximate surface area is 146 Å². The Kier molecular flexibility index (Phi) is 4.03. The first-order valence-corrected chi connectivity index (χ1v) is 8.83. The van der Waals surface area contributed by atoms with Crippen LogP contribution in [0.2, 0.25) is 0 Å². The molecule has 1 aliphatic carbocycles. The molecule has 0 radical (unpaired) electrons. The number of benzene rings is 1. The molecule has 130 valence electrons. The highest BCUT2D eigenvalue weighted by atomic mass is 16.2. The summed E-state index contributed by atoms with van der Waals surface area (Å²) in [5, 5.41) is 7.19. The number of aromatic amines is 1. The van der Waals surface area contributed by atoms with Crippen LogP contribution >= 0.6 is 0 Å². The number of carbonyl (C=O) groups is 2. The summed E-state index contributed by atoms with van der Waals surface area (Å²) in [6, 6.07) is 9.35. The van der Waals surface area contributed by atoms with Crippen molar-refractivity contribution < 1.29 is 9.59 Å². The third-order valence-corrected chi connectivity index (χ3v) is 5.14. The first-order chi connectivity index (χ1) is 12.1. The fourth-order valence-electron chi connectivity index (χ4n) is 3.58. The van der Waals surface area contributed by atoms with Crippen LogP contribution in [0.25, 0.3) is 0 Å². The number of amides is 2. The molecule has 25 heavy (non-hydrogen) atoms. The SMILES string of the molecule is NC(=O)c1cccc(C[C@H]2CCN(C(=O)c3cc(C4CC4)[nH]n3)C2)c1. The van der Waals surface area contributed by atoms with E-state index in [4.69, 9.17) is 5.73 Å². The molecule has 0 bridgehead atoms. The maximum atomic E-state index is 12.6. The number of carbonyl (C=O) groups excluding carboxylic acids is 2. The minimum absolute atomic E-state index is 0.0107. The van der Waals surface area contributed by atoms with Gasteiger partial charge in [-0.3, -0.25) is 14.7 Å². The molecule has 6 nitrogen and oxygen atoms in total. The zero-order valence-electron chi connectivity index (χ0n) is 14.1. The van der Waals surface area contributed by atoms with E-state index in [0.717, 1.165) is 37.2 Å². The molecule has 1 aliphatic heterocycles. The van der Waals surface area contributed by atoms with Gasteiger partial charge in [-0.05, 0) is 55.4 Å². The summed E-state index contributed by atoms with van der Waals surface area (Å²) in [6.07, 6.45) is 4.18. The zero-order chi connectivity index (χ0) is 17.4. The van der Waals surface area contributed by atoms with Crippen LogP contribution in [0.1, 0.15) is 57.3 Å². The van der Waals surface area contributed by atoms with E-state index >= 15 is 0 Å². The van der Waals surface area contributed by atoms with Crippen molar-refractivity contribution in [3.05, 3.63) is 52.8 Å². The quantitative estimate of drug-likeness (QED) is 0.874. The fourth-order valence-corrected chi connectivity index (χ4v) is 3.58. The average molecular weight is 338 g/mol. The molecule has 0 unspecified atom stereocenters. The third kappa shape index (κ3) is 3.43. The molecule has 2 fully saturated rings. The lowest BCUT2D eigenvalue weighted by atomic mass is 9.97. The smallest absolute Gasteiger partial charge is 0.274 e. The Bertz CT molecular complexity index is 809. The summed E-state index contributed by atoms with van der Waals surface area (Å²) >= 11 is 0. The van der Waals surface area contributed by atoms with Gasteiger partial charge in [-0.15, -0.1) is 0 Å². The largest absolute Gasteiger partial charge is 0.366 e. The molecule has 1 saturated heterocycles. The second-order valence-electron chi connectivity index (χ2n) is 7.16. The van der Waals surface area contributed by atoms with E-state index in [2.05, 4.69) is 10.2 Å². The minimum atomic E-state index is -0.407. The molecule has 2 aliphatic rings. The molecule has 1 aromatic carbocycles. The number of H-pyrrole nitrogens is 1. The van der Waals surface area contributed by atoms with Crippen LogP contribution in [0.5, 0.6) is 0 Å². The van der Waals surface area contributed by atoms with E-state index < -0.39 is 5.91 Å². The van der Waals surface area contributed by atoms with E-state index in [1.54, 1.807) is 6.07 Å². The second-order valence-corrected chi connectivity index (χ2v) is 7.16.